The van der Waals surface area contributed by atoms with E-state index < -0.39 is 31.1 Å². The molecule has 3 aliphatic rings. The van der Waals surface area contributed by atoms with Crippen molar-refractivity contribution in [1.82, 2.24) is 15.7 Å². The maximum Gasteiger partial charge on any atom is 0.406 e. The van der Waals surface area contributed by atoms with Crippen LogP contribution in [-0.4, -0.2) is 56.9 Å². The molecule has 3 atom stereocenters. The highest BCUT2D eigenvalue weighted by Crippen LogP contribution is 2.53. The Kier molecular flexibility index (Phi) is 11.3. The van der Waals surface area contributed by atoms with E-state index in [0.29, 0.717) is 12.5 Å². The molecule has 208 valence electrons. The Labute approximate surface area is 217 Å². The summed E-state index contributed by atoms with van der Waals surface area (Å²) in [6.45, 7) is 5.52. The van der Waals surface area contributed by atoms with Gasteiger partial charge in [-0.25, -0.2) is 9.65 Å². The summed E-state index contributed by atoms with van der Waals surface area (Å²) in [5, 5.41) is 9.60. The van der Waals surface area contributed by atoms with Crippen molar-refractivity contribution in [3.8, 4) is 0 Å². The molecule has 0 aromatic heterocycles. The third-order valence-corrected chi connectivity index (χ3v) is 9.62. The van der Waals surface area contributed by atoms with E-state index in [1.165, 1.54) is 71.3 Å². The normalized spacial score (nSPS) is 30.9. The average molecular weight is 530 g/mol. The number of hydrogen-bond donors (Lipinski definition) is 3. The van der Waals surface area contributed by atoms with Crippen LogP contribution in [0.2, 0.25) is 0 Å². The number of hydrogen-bond acceptors (Lipinski definition) is 7. The lowest BCUT2D eigenvalue weighted by atomic mass is 9.74. The van der Waals surface area contributed by atoms with Crippen molar-refractivity contribution < 1.29 is 27.9 Å². The van der Waals surface area contributed by atoms with Gasteiger partial charge in [0.2, 0.25) is 5.91 Å². The second kappa shape index (κ2) is 13.7. The fourth-order valence-corrected chi connectivity index (χ4v) is 7.63. The summed E-state index contributed by atoms with van der Waals surface area (Å²) in [6, 6.07) is 0. The Morgan fingerprint density at radius 2 is 1.72 bits per heavy atom. The van der Waals surface area contributed by atoms with Crippen molar-refractivity contribution in [2.45, 2.75) is 109 Å². The standard InChI is InChI=1S/C26H48N3O6P/c1-25(2)20-34-36(32,35-23(25)24(31)27-16-13-22(30)33-3)29-18-12-21-11-17-28-26(19-21)14-9-7-5-4-6-8-10-15-26/h21,23,28H,4-20H2,1-3H3,(H,27,31)(H,29,32)/t21?,23-,36?/m0/s1. The van der Waals surface area contributed by atoms with E-state index in [1.54, 1.807) is 0 Å². The zero-order valence-electron chi connectivity index (χ0n) is 22.6. The Morgan fingerprint density at radius 1 is 1.06 bits per heavy atom. The van der Waals surface area contributed by atoms with E-state index in [0.717, 1.165) is 19.4 Å². The molecule has 36 heavy (non-hydrogen) atoms. The smallest absolute Gasteiger partial charge is 0.406 e. The van der Waals surface area contributed by atoms with Crippen LogP contribution in [0.4, 0.5) is 0 Å². The number of carbonyl (C=O) groups is 2. The quantitative estimate of drug-likeness (QED) is 0.312. The zero-order chi connectivity index (χ0) is 26.1. The number of carbonyl (C=O) groups excluding carboxylic acids is 2. The first-order valence-electron chi connectivity index (χ1n) is 13.9. The van der Waals surface area contributed by atoms with Gasteiger partial charge in [-0.2, -0.15) is 0 Å². The topological polar surface area (TPSA) is 115 Å². The van der Waals surface area contributed by atoms with E-state index >= 15 is 0 Å². The average Bonchev–Trinajstić information content (AvgIpc) is 2.85. The van der Waals surface area contributed by atoms with Crippen LogP contribution in [0.15, 0.2) is 0 Å². The minimum Gasteiger partial charge on any atom is -0.469 e. The highest BCUT2D eigenvalue weighted by atomic mass is 31.2. The van der Waals surface area contributed by atoms with Crippen LogP contribution in [-0.2, 0) is 27.9 Å². The summed E-state index contributed by atoms with van der Waals surface area (Å²) in [7, 11) is -2.30. The van der Waals surface area contributed by atoms with Crippen LogP contribution in [0, 0.1) is 11.3 Å². The lowest BCUT2D eigenvalue weighted by molar-refractivity contribution is -0.141. The summed E-state index contributed by atoms with van der Waals surface area (Å²) < 4.78 is 29.3. The van der Waals surface area contributed by atoms with E-state index in [9.17, 15) is 14.2 Å². The highest BCUT2D eigenvalue weighted by Gasteiger charge is 2.48. The molecule has 2 aliphatic heterocycles. The van der Waals surface area contributed by atoms with Crippen LogP contribution >= 0.6 is 7.75 Å². The molecule has 3 fully saturated rings. The minimum absolute atomic E-state index is 0.0690. The SMILES string of the molecule is COC(=O)CCNC(=O)[C@@H]1OP(=O)(NCCC2CCNC3(CCCCCCCCC3)C2)OCC1(C)C. The van der Waals surface area contributed by atoms with Crippen molar-refractivity contribution >= 4 is 19.6 Å². The molecular weight excluding hydrogens is 481 g/mol. The van der Waals surface area contributed by atoms with Gasteiger partial charge in [-0.05, 0) is 44.6 Å². The molecule has 3 N–H and O–H groups in total. The van der Waals surface area contributed by atoms with E-state index in [-0.39, 0.29) is 25.1 Å². The lowest BCUT2D eigenvalue weighted by Crippen LogP contribution is -2.51. The third-order valence-electron chi connectivity index (χ3n) is 8.06. The van der Waals surface area contributed by atoms with Gasteiger partial charge in [-0.3, -0.25) is 18.6 Å². The molecular formula is C26H48N3O6P. The molecule has 1 amide bonds. The van der Waals surface area contributed by atoms with Gasteiger partial charge in [-0.15, -0.1) is 0 Å². The van der Waals surface area contributed by atoms with Crippen molar-refractivity contribution in [1.29, 1.82) is 0 Å². The van der Waals surface area contributed by atoms with Crippen LogP contribution < -0.4 is 15.7 Å². The van der Waals surface area contributed by atoms with Crippen LogP contribution in [0.1, 0.15) is 97.3 Å². The van der Waals surface area contributed by atoms with Gasteiger partial charge in [0.25, 0.3) is 0 Å². The fraction of sp³-hybridized carbons (Fsp3) is 0.923. The predicted molar refractivity (Wildman–Crippen MR) is 139 cm³/mol. The summed E-state index contributed by atoms with van der Waals surface area (Å²) in [6.07, 6.45) is 14.2. The van der Waals surface area contributed by atoms with Gasteiger partial charge in [-0.1, -0.05) is 58.8 Å². The monoisotopic (exact) mass is 529 g/mol. The van der Waals surface area contributed by atoms with Crippen LogP contribution in [0.5, 0.6) is 0 Å². The van der Waals surface area contributed by atoms with Gasteiger partial charge in [0, 0.05) is 24.0 Å². The largest absolute Gasteiger partial charge is 0.469 e. The number of ether oxygens (including phenoxy) is 1. The molecule has 10 heteroatoms. The number of rotatable bonds is 8. The summed E-state index contributed by atoms with van der Waals surface area (Å²) in [5.74, 6) is -0.239. The van der Waals surface area contributed by atoms with Crippen molar-refractivity contribution in [3.63, 3.8) is 0 Å². The van der Waals surface area contributed by atoms with Crippen LogP contribution in [0.25, 0.3) is 0 Å². The number of piperidine rings is 1. The maximum absolute atomic E-state index is 13.3. The second-order valence-electron chi connectivity index (χ2n) is 11.6. The summed E-state index contributed by atoms with van der Waals surface area (Å²) in [5.41, 5.74) is -0.401. The molecule has 1 spiro atoms. The van der Waals surface area contributed by atoms with Gasteiger partial charge in [0.1, 0.15) is 0 Å². The zero-order valence-corrected chi connectivity index (χ0v) is 23.5. The first kappa shape index (κ1) is 29.6. The van der Waals surface area contributed by atoms with E-state index in [2.05, 4.69) is 20.5 Å². The molecule has 9 nitrogen and oxygen atoms in total. The first-order chi connectivity index (χ1) is 17.2. The van der Waals surface area contributed by atoms with Gasteiger partial charge in [0.15, 0.2) is 6.10 Å². The Morgan fingerprint density at radius 3 is 2.39 bits per heavy atom. The Bertz CT molecular complexity index is 767. The second-order valence-corrected chi connectivity index (χ2v) is 13.4. The molecule has 1 aliphatic carbocycles. The first-order valence-corrected chi connectivity index (χ1v) is 15.5. The van der Waals surface area contributed by atoms with Crippen molar-refractivity contribution in [2.24, 2.45) is 11.3 Å². The fourth-order valence-electron chi connectivity index (χ4n) is 5.84. The predicted octanol–water partition coefficient (Wildman–Crippen LogP) is 4.46. The van der Waals surface area contributed by atoms with Crippen molar-refractivity contribution in [2.75, 3.05) is 33.4 Å². The lowest BCUT2D eigenvalue weighted by Gasteiger charge is -2.43. The van der Waals surface area contributed by atoms with Gasteiger partial charge in [0.05, 0.1) is 20.1 Å². The Balaban J connectivity index is 1.49. The third kappa shape index (κ3) is 8.80. The molecule has 0 aromatic carbocycles. The number of amides is 1. The minimum atomic E-state index is -3.61. The number of nitrogens with one attached hydrogen (secondary N) is 3. The molecule has 2 unspecified atom stereocenters. The Hall–Kier alpha value is -0.990. The van der Waals surface area contributed by atoms with Crippen molar-refractivity contribution in [3.05, 3.63) is 0 Å². The highest BCUT2D eigenvalue weighted by molar-refractivity contribution is 7.51. The molecule has 0 aromatic rings. The number of esters is 1. The van der Waals surface area contributed by atoms with Gasteiger partial charge >= 0.3 is 13.7 Å². The molecule has 0 radical (unpaired) electrons. The molecule has 2 saturated heterocycles. The molecule has 3 rings (SSSR count). The maximum atomic E-state index is 13.3. The molecule has 2 heterocycles. The van der Waals surface area contributed by atoms with E-state index in [1.807, 2.05) is 13.8 Å². The van der Waals surface area contributed by atoms with Gasteiger partial charge < -0.3 is 15.4 Å². The number of methoxy groups -OCH3 is 1. The molecule has 0 bridgehead atoms. The molecule has 1 saturated carbocycles. The van der Waals surface area contributed by atoms with Crippen LogP contribution in [0.3, 0.4) is 0 Å². The summed E-state index contributed by atoms with van der Waals surface area (Å²) >= 11 is 0. The van der Waals surface area contributed by atoms with E-state index in [4.69, 9.17) is 9.05 Å². The summed E-state index contributed by atoms with van der Waals surface area (Å²) in [4.78, 5) is 24.1.